The summed E-state index contributed by atoms with van der Waals surface area (Å²) < 4.78 is 12.0. The Morgan fingerprint density at radius 1 is 1.18 bits per heavy atom. The molecule has 0 amide bonds. The van der Waals surface area contributed by atoms with Crippen molar-refractivity contribution in [3.63, 3.8) is 0 Å². The fraction of sp³-hybridized carbons (Fsp3) is 0.200. The van der Waals surface area contributed by atoms with Crippen LogP contribution in [0.5, 0.6) is 0 Å². The van der Waals surface area contributed by atoms with Crippen LogP contribution in [0.4, 0.5) is 10.8 Å². The molecule has 0 fully saturated rings. The van der Waals surface area contributed by atoms with Gasteiger partial charge in [-0.15, -0.1) is 11.3 Å². The van der Waals surface area contributed by atoms with Gasteiger partial charge < -0.3 is 20.1 Å². The molecule has 2 heterocycles. The van der Waals surface area contributed by atoms with Crippen molar-refractivity contribution in [2.24, 2.45) is 0 Å². The number of hydrogen-bond donors (Lipinski definition) is 2. The third-order valence-electron chi connectivity index (χ3n) is 4.41. The molecule has 0 aliphatic heterocycles. The quantitative estimate of drug-likeness (QED) is 0.276. The number of ether oxygens (including phenoxy) is 2. The Morgan fingerprint density at radius 2 is 1.88 bits per heavy atom. The molecule has 13 heteroatoms. The molecule has 0 unspecified atom stereocenters. The topological polar surface area (TPSA) is 94.5 Å². The van der Waals surface area contributed by atoms with Crippen molar-refractivity contribution in [2.45, 2.75) is 13.5 Å². The Hall–Kier alpha value is -2.18. The summed E-state index contributed by atoms with van der Waals surface area (Å²) >= 11 is 21.9. The first-order valence-corrected chi connectivity index (χ1v) is 12.0. The number of nitrogens with one attached hydrogen (secondary N) is 2. The highest BCUT2D eigenvalue weighted by Crippen LogP contribution is 2.34. The smallest absolute Gasteiger partial charge is 0.348 e. The van der Waals surface area contributed by atoms with Crippen LogP contribution in [0.1, 0.15) is 31.2 Å². The van der Waals surface area contributed by atoms with Crippen LogP contribution in [-0.4, -0.2) is 41.1 Å². The first-order chi connectivity index (χ1) is 15.6. The summed E-state index contributed by atoms with van der Waals surface area (Å²) in [6, 6.07) is 5.35. The number of esters is 2. The predicted molar refractivity (Wildman–Crippen MR) is 137 cm³/mol. The second kappa shape index (κ2) is 10.8. The van der Waals surface area contributed by atoms with Crippen molar-refractivity contribution < 1.29 is 19.1 Å². The molecular weight excluding hydrogens is 575 g/mol. The van der Waals surface area contributed by atoms with E-state index < -0.39 is 11.9 Å². The molecule has 0 aliphatic carbocycles. The highest BCUT2D eigenvalue weighted by Gasteiger charge is 2.26. The molecule has 0 saturated carbocycles. The van der Waals surface area contributed by atoms with Gasteiger partial charge in [0.25, 0.3) is 0 Å². The molecule has 0 radical (unpaired) electrons. The van der Waals surface area contributed by atoms with Crippen molar-refractivity contribution in [1.29, 1.82) is 0 Å². The predicted octanol–water partition coefficient (Wildman–Crippen LogP) is 5.75. The van der Waals surface area contributed by atoms with Crippen molar-refractivity contribution >= 4 is 90.6 Å². The Kier molecular flexibility index (Phi) is 8.35. The van der Waals surface area contributed by atoms with Crippen molar-refractivity contribution in [1.82, 2.24) is 9.78 Å². The average molecular weight is 592 g/mol. The minimum absolute atomic E-state index is 0.165. The van der Waals surface area contributed by atoms with Crippen molar-refractivity contribution in [3.05, 3.63) is 60.5 Å². The number of anilines is 2. The molecule has 2 N–H and O–H groups in total. The third kappa shape index (κ3) is 5.85. The zero-order valence-corrected chi connectivity index (χ0v) is 22.2. The number of methoxy groups -OCH3 is 2. The number of rotatable bonds is 6. The van der Waals surface area contributed by atoms with Crippen LogP contribution in [0, 0.1) is 6.92 Å². The van der Waals surface area contributed by atoms with Gasteiger partial charge in [-0.1, -0.05) is 29.3 Å². The molecule has 0 atom stereocenters. The van der Waals surface area contributed by atoms with E-state index in [9.17, 15) is 9.59 Å². The summed E-state index contributed by atoms with van der Waals surface area (Å²) in [4.78, 5) is 24.6. The Labute approximate surface area is 217 Å². The maximum Gasteiger partial charge on any atom is 0.348 e. The van der Waals surface area contributed by atoms with E-state index in [0.29, 0.717) is 37.4 Å². The van der Waals surface area contributed by atoms with Crippen LogP contribution in [0.3, 0.4) is 0 Å². The average Bonchev–Trinajstić information content (AvgIpc) is 3.28. The summed E-state index contributed by atoms with van der Waals surface area (Å²) in [6.45, 7) is 2.09. The lowest BCUT2D eigenvalue weighted by Crippen LogP contribution is -2.20. The molecule has 8 nitrogen and oxygen atoms in total. The number of carbonyl (C=O) groups is 2. The number of thiocarbonyl (C=S) groups is 1. The van der Waals surface area contributed by atoms with Crippen LogP contribution in [0.2, 0.25) is 10.0 Å². The van der Waals surface area contributed by atoms with Gasteiger partial charge in [0.05, 0.1) is 40.8 Å². The molecule has 3 aromatic rings. The van der Waals surface area contributed by atoms with Gasteiger partial charge >= 0.3 is 11.9 Å². The zero-order chi connectivity index (χ0) is 24.3. The normalized spacial score (nSPS) is 10.6. The molecule has 3 rings (SSSR count). The number of thiophene rings is 1. The van der Waals surface area contributed by atoms with Crippen molar-refractivity contribution in [2.75, 3.05) is 24.9 Å². The van der Waals surface area contributed by atoms with E-state index in [1.807, 2.05) is 6.07 Å². The number of halogens is 3. The first kappa shape index (κ1) is 25.4. The Morgan fingerprint density at radius 3 is 2.52 bits per heavy atom. The number of hydrogen-bond acceptors (Lipinski definition) is 7. The highest BCUT2D eigenvalue weighted by molar-refractivity contribution is 9.10. The second-order valence-electron chi connectivity index (χ2n) is 6.59. The summed E-state index contributed by atoms with van der Waals surface area (Å²) in [7, 11) is 2.53. The summed E-state index contributed by atoms with van der Waals surface area (Å²) in [5, 5.41) is 11.8. The zero-order valence-electron chi connectivity index (χ0n) is 17.5. The SMILES string of the molecule is COC(=O)c1sc(NC(=S)Nc2nn(Cc3ccc(Cl)c(Cl)c3)cc2Br)c(C(=O)OC)c1C. The van der Waals surface area contributed by atoms with E-state index in [1.54, 1.807) is 29.9 Å². The minimum Gasteiger partial charge on any atom is -0.465 e. The van der Waals surface area contributed by atoms with E-state index in [0.717, 1.165) is 16.9 Å². The molecule has 2 aromatic heterocycles. The number of nitrogens with zero attached hydrogens (tertiary/aromatic N) is 2. The van der Waals surface area contributed by atoms with Gasteiger partial charge in [-0.2, -0.15) is 5.10 Å². The fourth-order valence-corrected chi connectivity index (χ4v) is 4.98. The van der Waals surface area contributed by atoms with Gasteiger partial charge in [0, 0.05) is 6.20 Å². The molecule has 0 saturated heterocycles. The van der Waals surface area contributed by atoms with E-state index in [2.05, 4.69) is 31.7 Å². The maximum atomic E-state index is 12.3. The van der Waals surface area contributed by atoms with Gasteiger partial charge in [-0.05, 0) is 58.3 Å². The molecule has 0 bridgehead atoms. The van der Waals surface area contributed by atoms with Crippen LogP contribution in [-0.2, 0) is 16.0 Å². The summed E-state index contributed by atoms with van der Waals surface area (Å²) in [6.07, 6.45) is 1.78. The lowest BCUT2D eigenvalue weighted by atomic mass is 10.1. The Balaban J connectivity index is 1.78. The van der Waals surface area contributed by atoms with Crippen LogP contribution in [0.25, 0.3) is 0 Å². The number of aromatic nitrogens is 2. The van der Waals surface area contributed by atoms with E-state index in [-0.39, 0.29) is 15.6 Å². The molecule has 33 heavy (non-hydrogen) atoms. The van der Waals surface area contributed by atoms with E-state index in [1.165, 1.54) is 14.2 Å². The molecular formula is C20H17BrCl2N4O4S2. The standard InChI is InChI=1S/C20H17BrCl2N4O4S2/c1-9-14(18(28)30-2)17(33-15(9)19(29)31-3)25-20(32)24-16-11(21)8-27(26-16)7-10-4-5-12(22)13(23)6-10/h4-6,8H,7H2,1-3H3,(H2,24,25,26,32). The van der Waals surface area contributed by atoms with Gasteiger partial charge in [-0.25, -0.2) is 9.59 Å². The van der Waals surface area contributed by atoms with Crippen LogP contribution in [0.15, 0.2) is 28.9 Å². The second-order valence-corrected chi connectivity index (χ2v) is 9.69. The lowest BCUT2D eigenvalue weighted by molar-refractivity contribution is 0.0601. The molecule has 0 spiro atoms. The van der Waals surface area contributed by atoms with Gasteiger partial charge in [0.2, 0.25) is 0 Å². The fourth-order valence-electron chi connectivity index (χ4n) is 2.87. The van der Waals surface area contributed by atoms with E-state index in [4.69, 9.17) is 44.9 Å². The lowest BCUT2D eigenvalue weighted by Gasteiger charge is -2.09. The third-order valence-corrected chi connectivity index (χ3v) is 7.12. The van der Waals surface area contributed by atoms with Crippen LogP contribution < -0.4 is 10.6 Å². The molecule has 0 aliphatic rings. The van der Waals surface area contributed by atoms with Crippen LogP contribution >= 0.6 is 62.7 Å². The molecule has 1 aromatic carbocycles. The first-order valence-electron chi connectivity index (χ1n) is 9.19. The largest absolute Gasteiger partial charge is 0.465 e. The van der Waals surface area contributed by atoms with Gasteiger partial charge in [-0.3, -0.25) is 4.68 Å². The summed E-state index contributed by atoms with van der Waals surface area (Å²) in [5.74, 6) is -0.705. The van der Waals surface area contributed by atoms with E-state index >= 15 is 0 Å². The number of carbonyl (C=O) groups excluding carboxylic acids is 2. The monoisotopic (exact) mass is 590 g/mol. The Bertz CT molecular complexity index is 1250. The molecule has 174 valence electrons. The summed E-state index contributed by atoms with van der Waals surface area (Å²) in [5.41, 5.74) is 1.56. The minimum atomic E-state index is -0.601. The van der Waals surface area contributed by atoms with Crippen molar-refractivity contribution in [3.8, 4) is 0 Å². The number of benzene rings is 1. The maximum absolute atomic E-state index is 12.3. The van der Waals surface area contributed by atoms with Gasteiger partial charge in [0.15, 0.2) is 10.9 Å². The van der Waals surface area contributed by atoms with Gasteiger partial charge in [0.1, 0.15) is 9.88 Å². The highest BCUT2D eigenvalue weighted by atomic mass is 79.9.